The summed E-state index contributed by atoms with van der Waals surface area (Å²) in [5.74, 6) is 0.357. The third-order valence-electron chi connectivity index (χ3n) is 5.26. The van der Waals surface area contributed by atoms with Gasteiger partial charge in [0.05, 0.1) is 17.0 Å². The zero-order chi connectivity index (χ0) is 21.4. The Kier molecular flexibility index (Phi) is 5.00. The molecule has 0 atom stereocenters. The Labute approximate surface area is 176 Å². The fourth-order valence-corrected chi connectivity index (χ4v) is 3.75. The average Bonchev–Trinajstić information content (AvgIpc) is 2.67. The highest BCUT2D eigenvalue weighted by atomic mass is 16.3. The fourth-order valence-electron chi connectivity index (χ4n) is 3.75. The van der Waals surface area contributed by atoms with E-state index in [1.807, 2.05) is 6.07 Å². The maximum atomic E-state index is 10.4. The normalized spacial score (nSPS) is 10.9. The summed E-state index contributed by atoms with van der Waals surface area (Å²) in [4.78, 5) is 9.55. The van der Waals surface area contributed by atoms with Crippen LogP contribution >= 0.6 is 0 Å². The van der Waals surface area contributed by atoms with Gasteiger partial charge in [-0.2, -0.15) is 0 Å². The highest BCUT2D eigenvalue weighted by Crippen LogP contribution is 2.34. The minimum atomic E-state index is -0.0562. The van der Waals surface area contributed by atoms with E-state index >= 15 is 0 Å². The zero-order valence-electron chi connectivity index (χ0n) is 17.6. The third kappa shape index (κ3) is 3.77. The molecule has 0 spiro atoms. The molecule has 2 N–H and O–H groups in total. The van der Waals surface area contributed by atoms with E-state index in [9.17, 15) is 10.2 Å². The summed E-state index contributed by atoms with van der Waals surface area (Å²) in [5, 5.41) is 20.1. The van der Waals surface area contributed by atoms with Crippen molar-refractivity contribution in [3.63, 3.8) is 0 Å². The number of phenolic OH excluding ortho intramolecular Hbond substituents is 2. The lowest BCUT2D eigenvalue weighted by Crippen LogP contribution is -1.98. The van der Waals surface area contributed by atoms with Gasteiger partial charge in [-0.3, -0.25) is 0 Å². The standard InChI is InChI=1S/C26H24N2O2/c1-15-5-8-20(17(3)11-15)23-14-24(21-9-6-16(2)12-18(21)4)28-26(27-23)22-10-7-19(29)13-25(22)30/h5-14,29-30H,1-4H3. The second-order valence-corrected chi connectivity index (χ2v) is 7.80. The van der Waals surface area contributed by atoms with E-state index in [2.05, 4.69) is 64.1 Å². The lowest BCUT2D eigenvalue weighted by molar-refractivity contribution is 0.451. The first-order valence-electron chi connectivity index (χ1n) is 9.88. The van der Waals surface area contributed by atoms with Crippen molar-refractivity contribution >= 4 is 0 Å². The first kappa shape index (κ1) is 19.6. The van der Waals surface area contributed by atoms with Gasteiger partial charge < -0.3 is 10.2 Å². The van der Waals surface area contributed by atoms with Crippen molar-refractivity contribution in [2.24, 2.45) is 0 Å². The molecular formula is C26H24N2O2. The summed E-state index contributed by atoms with van der Waals surface area (Å²) in [7, 11) is 0. The van der Waals surface area contributed by atoms with Crippen LogP contribution in [0.4, 0.5) is 0 Å². The van der Waals surface area contributed by atoms with Crippen LogP contribution in [0.25, 0.3) is 33.9 Å². The summed E-state index contributed by atoms with van der Waals surface area (Å²) >= 11 is 0. The van der Waals surface area contributed by atoms with Crippen LogP contribution in [0.5, 0.6) is 11.5 Å². The Morgan fingerprint density at radius 1 is 0.567 bits per heavy atom. The maximum Gasteiger partial charge on any atom is 0.164 e. The Balaban J connectivity index is 1.98. The molecule has 0 unspecified atom stereocenters. The van der Waals surface area contributed by atoms with Gasteiger partial charge in [0, 0.05) is 17.2 Å². The van der Waals surface area contributed by atoms with Crippen molar-refractivity contribution in [2.75, 3.05) is 0 Å². The number of benzene rings is 3. The zero-order valence-corrected chi connectivity index (χ0v) is 17.6. The van der Waals surface area contributed by atoms with Gasteiger partial charge in [-0.05, 0) is 57.0 Å². The molecule has 0 fully saturated rings. The van der Waals surface area contributed by atoms with Crippen LogP contribution in [0.1, 0.15) is 22.3 Å². The number of phenols is 2. The Morgan fingerprint density at radius 2 is 1.07 bits per heavy atom. The summed E-state index contributed by atoms with van der Waals surface area (Å²) in [6.45, 7) is 8.27. The SMILES string of the molecule is Cc1ccc(-c2cc(-c3ccc(C)cc3C)nc(-c3ccc(O)cc3O)n2)c(C)c1. The van der Waals surface area contributed by atoms with E-state index in [4.69, 9.17) is 9.97 Å². The van der Waals surface area contributed by atoms with Crippen LogP contribution < -0.4 is 0 Å². The van der Waals surface area contributed by atoms with Crippen LogP contribution in [-0.4, -0.2) is 20.2 Å². The molecule has 4 rings (SSSR count). The average molecular weight is 396 g/mol. The van der Waals surface area contributed by atoms with Gasteiger partial charge in [0.2, 0.25) is 0 Å². The van der Waals surface area contributed by atoms with E-state index in [-0.39, 0.29) is 11.5 Å². The number of aromatic hydroxyl groups is 2. The van der Waals surface area contributed by atoms with Crippen molar-refractivity contribution in [2.45, 2.75) is 27.7 Å². The summed E-state index contributed by atoms with van der Waals surface area (Å²) in [6.07, 6.45) is 0. The predicted molar refractivity (Wildman–Crippen MR) is 121 cm³/mol. The van der Waals surface area contributed by atoms with Crippen LogP contribution in [0.2, 0.25) is 0 Å². The summed E-state index contributed by atoms with van der Waals surface area (Å²) < 4.78 is 0. The van der Waals surface area contributed by atoms with Crippen molar-refractivity contribution in [1.82, 2.24) is 9.97 Å². The molecule has 4 heteroatoms. The van der Waals surface area contributed by atoms with Crippen molar-refractivity contribution < 1.29 is 10.2 Å². The molecule has 150 valence electrons. The molecule has 4 aromatic rings. The number of hydrogen-bond acceptors (Lipinski definition) is 4. The van der Waals surface area contributed by atoms with E-state index in [1.165, 1.54) is 23.3 Å². The third-order valence-corrected chi connectivity index (χ3v) is 5.26. The van der Waals surface area contributed by atoms with E-state index < -0.39 is 0 Å². The first-order valence-corrected chi connectivity index (χ1v) is 9.88. The topological polar surface area (TPSA) is 66.2 Å². The van der Waals surface area contributed by atoms with Gasteiger partial charge in [-0.15, -0.1) is 0 Å². The molecule has 1 heterocycles. The van der Waals surface area contributed by atoms with E-state index in [0.29, 0.717) is 11.4 Å². The lowest BCUT2D eigenvalue weighted by Gasteiger charge is -2.13. The number of aromatic nitrogens is 2. The summed E-state index contributed by atoms with van der Waals surface area (Å²) in [6, 6.07) is 19.0. The number of hydrogen-bond donors (Lipinski definition) is 2. The van der Waals surface area contributed by atoms with E-state index in [0.717, 1.165) is 33.6 Å². The molecule has 4 nitrogen and oxygen atoms in total. The molecular weight excluding hydrogens is 372 g/mol. The fraction of sp³-hybridized carbons (Fsp3) is 0.154. The monoisotopic (exact) mass is 396 g/mol. The second kappa shape index (κ2) is 7.64. The molecule has 0 amide bonds. The first-order chi connectivity index (χ1) is 14.3. The second-order valence-electron chi connectivity index (χ2n) is 7.80. The Morgan fingerprint density at radius 3 is 1.53 bits per heavy atom. The van der Waals surface area contributed by atoms with E-state index in [1.54, 1.807) is 6.07 Å². The molecule has 0 radical (unpaired) electrons. The Bertz CT molecular complexity index is 1090. The molecule has 0 saturated carbocycles. The minimum absolute atomic E-state index is 0.00335. The minimum Gasteiger partial charge on any atom is -0.508 e. The smallest absolute Gasteiger partial charge is 0.164 e. The molecule has 0 aliphatic carbocycles. The highest BCUT2D eigenvalue weighted by Gasteiger charge is 2.15. The number of rotatable bonds is 3. The van der Waals surface area contributed by atoms with Gasteiger partial charge >= 0.3 is 0 Å². The van der Waals surface area contributed by atoms with Crippen LogP contribution in [-0.2, 0) is 0 Å². The maximum absolute atomic E-state index is 10.4. The Hall–Kier alpha value is -3.66. The quantitative estimate of drug-likeness (QED) is 0.438. The highest BCUT2D eigenvalue weighted by molar-refractivity contribution is 5.76. The van der Waals surface area contributed by atoms with Crippen LogP contribution in [0, 0.1) is 27.7 Å². The van der Waals surface area contributed by atoms with Crippen molar-refractivity contribution in [3.05, 3.63) is 82.9 Å². The van der Waals surface area contributed by atoms with Gasteiger partial charge in [-0.25, -0.2) is 9.97 Å². The largest absolute Gasteiger partial charge is 0.508 e. The number of aryl methyl sites for hydroxylation is 4. The van der Waals surface area contributed by atoms with Gasteiger partial charge in [0.1, 0.15) is 11.5 Å². The molecule has 0 aliphatic rings. The summed E-state index contributed by atoms with van der Waals surface area (Å²) in [5.41, 5.74) is 8.74. The molecule has 30 heavy (non-hydrogen) atoms. The molecule has 0 saturated heterocycles. The molecule has 0 bridgehead atoms. The van der Waals surface area contributed by atoms with Gasteiger partial charge in [0.15, 0.2) is 5.82 Å². The van der Waals surface area contributed by atoms with Crippen LogP contribution in [0.3, 0.4) is 0 Å². The lowest BCUT2D eigenvalue weighted by atomic mass is 9.98. The number of nitrogens with zero attached hydrogens (tertiary/aromatic N) is 2. The van der Waals surface area contributed by atoms with Gasteiger partial charge in [-0.1, -0.05) is 47.5 Å². The molecule has 1 aromatic heterocycles. The van der Waals surface area contributed by atoms with Gasteiger partial charge in [0.25, 0.3) is 0 Å². The van der Waals surface area contributed by atoms with Crippen molar-refractivity contribution in [1.29, 1.82) is 0 Å². The molecule has 0 aliphatic heterocycles. The molecule has 3 aromatic carbocycles. The van der Waals surface area contributed by atoms with Crippen molar-refractivity contribution in [3.8, 4) is 45.4 Å². The predicted octanol–water partition coefficient (Wildman–Crippen LogP) is 6.12. The van der Waals surface area contributed by atoms with Crippen LogP contribution in [0.15, 0.2) is 60.7 Å².